The molecule has 0 bridgehead atoms. The van der Waals surface area contributed by atoms with Crippen molar-refractivity contribution in [2.75, 3.05) is 13.1 Å². The van der Waals surface area contributed by atoms with E-state index >= 15 is 0 Å². The second kappa shape index (κ2) is 9.25. The van der Waals surface area contributed by atoms with Crippen molar-refractivity contribution < 1.29 is 0 Å². The van der Waals surface area contributed by atoms with E-state index in [9.17, 15) is 0 Å². The summed E-state index contributed by atoms with van der Waals surface area (Å²) in [4.78, 5) is 13.5. The highest BCUT2D eigenvalue weighted by molar-refractivity contribution is 7.09. The molecule has 0 atom stereocenters. The maximum atomic E-state index is 4.62. The summed E-state index contributed by atoms with van der Waals surface area (Å²) in [6.07, 6.45) is 2.70. The van der Waals surface area contributed by atoms with Crippen LogP contribution in [-0.4, -0.2) is 29.0 Å². The van der Waals surface area contributed by atoms with Gasteiger partial charge in [-0.1, -0.05) is 19.9 Å². The molecule has 0 radical (unpaired) electrons. The van der Waals surface area contributed by atoms with Gasteiger partial charge >= 0.3 is 0 Å². The molecule has 23 heavy (non-hydrogen) atoms. The Morgan fingerprint density at radius 1 is 1.26 bits per heavy atom. The minimum Gasteiger partial charge on any atom is -0.357 e. The number of aliphatic imine (C=N–C) groups is 1. The van der Waals surface area contributed by atoms with E-state index in [0.717, 1.165) is 36.9 Å². The lowest BCUT2D eigenvalue weighted by Crippen LogP contribution is -2.38. The molecule has 5 nitrogen and oxygen atoms in total. The van der Waals surface area contributed by atoms with Crippen LogP contribution >= 0.6 is 11.3 Å². The predicted molar refractivity (Wildman–Crippen MR) is 97.0 cm³/mol. The molecular weight excluding hydrogens is 306 g/mol. The summed E-state index contributed by atoms with van der Waals surface area (Å²) in [6.45, 7) is 8.63. The molecule has 2 heterocycles. The van der Waals surface area contributed by atoms with E-state index in [4.69, 9.17) is 0 Å². The van der Waals surface area contributed by atoms with Gasteiger partial charge in [0.25, 0.3) is 0 Å². The van der Waals surface area contributed by atoms with Crippen LogP contribution in [0.15, 0.2) is 34.8 Å². The Bertz CT molecular complexity index is 606. The molecule has 0 saturated heterocycles. The number of pyridine rings is 1. The normalized spacial score (nSPS) is 11.7. The Morgan fingerprint density at radius 3 is 2.78 bits per heavy atom. The van der Waals surface area contributed by atoms with Gasteiger partial charge in [0.2, 0.25) is 0 Å². The van der Waals surface area contributed by atoms with Crippen LogP contribution in [0.2, 0.25) is 0 Å². The monoisotopic (exact) mass is 331 g/mol. The first-order valence-corrected chi connectivity index (χ1v) is 8.93. The second-order valence-corrected chi connectivity index (χ2v) is 6.41. The van der Waals surface area contributed by atoms with E-state index in [1.807, 2.05) is 24.4 Å². The fourth-order valence-corrected chi connectivity index (χ4v) is 2.84. The largest absolute Gasteiger partial charge is 0.357 e. The number of hydrogen-bond donors (Lipinski definition) is 2. The van der Waals surface area contributed by atoms with Crippen molar-refractivity contribution in [1.29, 1.82) is 0 Å². The molecule has 0 fully saturated rings. The van der Waals surface area contributed by atoms with Crippen LogP contribution in [0.5, 0.6) is 0 Å². The van der Waals surface area contributed by atoms with Crippen molar-refractivity contribution in [3.63, 3.8) is 0 Å². The Balaban J connectivity index is 1.86. The van der Waals surface area contributed by atoms with Gasteiger partial charge in [0.05, 0.1) is 17.2 Å². The first kappa shape index (κ1) is 17.4. The van der Waals surface area contributed by atoms with E-state index in [2.05, 4.69) is 51.7 Å². The lowest BCUT2D eigenvalue weighted by atomic mass is 10.2. The van der Waals surface area contributed by atoms with Gasteiger partial charge in [-0.25, -0.2) is 9.98 Å². The molecule has 0 aliphatic rings. The third-order valence-corrected chi connectivity index (χ3v) is 4.40. The van der Waals surface area contributed by atoms with Gasteiger partial charge in [0.15, 0.2) is 5.96 Å². The number of guanidine groups is 1. The van der Waals surface area contributed by atoms with Crippen LogP contribution in [0.25, 0.3) is 0 Å². The van der Waals surface area contributed by atoms with Crippen LogP contribution in [0, 0.1) is 0 Å². The number of rotatable bonds is 7. The average Bonchev–Trinajstić information content (AvgIpc) is 3.03. The van der Waals surface area contributed by atoms with Crippen molar-refractivity contribution in [1.82, 2.24) is 20.6 Å². The highest BCUT2D eigenvalue weighted by Gasteiger charge is 2.05. The smallest absolute Gasteiger partial charge is 0.191 e. The fraction of sp³-hybridized carbons (Fsp3) is 0.471. The van der Waals surface area contributed by atoms with Crippen LogP contribution in [-0.2, 0) is 13.0 Å². The SMILES string of the molecule is CCNC(=NCc1csc(C(C)C)n1)NCCc1ccccn1. The quantitative estimate of drug-likeness (QED) is 0.605. The first-order chi connectivity index (χ1) is 11.2. The molecule has 2 N–H and O–H groups in total. The van der Waals surface area contributed by atoms with Crippen LogP contribution in [0.3, 0.4) is 0 Å². The van der Waals surface area contributed by atoms with Crippen molar-refractivity contribution in [2.24, 2.45) is 4.99 Å². The van der Waals surface area contributed by atoms with Gasteiger partial charge in [-0.2, -0.15) is 0 Å². The zero-order valence-electron chi connectivity index (χ0n) is 14.0. The number of nitrogens with one attached hydrogen (secondary N) is 2. The summed E-state index contributed by atoms with van der Waals surface area (Å²) in [7, 11) is 0. The molecule has 0 spiro atoms. The number of thiazole rings is 1. The van der Waals surface area contributed by atoms with E-state index in [-0.39, 0.29) is 0 Å². The summed E-state index contributed by atoms with van der Waals surface area (Å²) >= 11 is 1.71. The van der Waals surface area contributed by atoms with Gasteiger partial charge in [-0.3, -0.25) is 4.98 Å². The number of aromatic nitrogens is 2. The van der Waals surface area contributed by atoms with Gasteiger partial charge in [-0.15, -0.1) is 11.3 Å². The third kappa shape index (κ3) is 5.98. The summed E-state index contributed by atoms with van der Waals surface area (Å²) in [6, 6.07) is 5.98. The molecule has 0 unspecified atom stereocenters. The van der Waals surface area contributed by atoms with Crippen LogP contribution < -0.4 is 10.6 Å². The van der Waals surface area contributed by atoms with Gasteiger partial charge in [0.1, 0.15) is 0 Å². The molecule has 6 heteroatoms. The van der Waals surface area contributed by atoms with Gasteiger partial charge in [-0.05, 0) is 19.1 Å². The van der Waals surface area contributed by atoms with Gasteiger partial charge in [0, 0.05) is 42.7 Å². The first-order valence-electron chi connectivity index (χ1n) is 8.05. The zero-order chi connectivity index (χ0) is 16.5. The molecule has 0 aromatic carbocycles. The minimum absolute atomic E-state index is 0.475. The maximum absolute atomic E-state index is 4.62. The molecule has 0 amide bonds. The molecule has 2 aromatic rings. The topological polar surface area (TPSA) is 62.2 Å². The van der Waals surface area contributed by atoms with Crippen molar-refractivity contribution in [3.05, 3.63) is 46.2 Å². The van der Waals surface area contributed by atoms with Crippen molar-refractivity contribution in [2.45, 2.75) is 39.7 Å². The van der Waals surface area contributed by atoms with Gasteiger partial charge < -0.3 is 10.6 Å². The Hall–Kier alpha value is -1.95. The van der Waals surface area contributed by atoms with E-state index in [1.54, 1.807) is 11.3 Å². The highest BCUT2D eigenvalue weighted by atomic mass is 32.1. The fourth-order valence-electron chi connectivity index (χ4n) is 2.02. The molecule has 0 aliphatic carbocycles. The molecule has 0 aliphatic heterocycles. The molecular formula is C17H25N5S. The average molecular weight is 331 g/mol. The standard InChI is InChI=1S/C17H25N5S/c1-4-18-17(20-10-8-14-7-5-6-9-19-14)21-11-15-12-23-16(22-15)13(2)3/h5-7,9,12-13H,4,8,10-11H2,1-3H3,(H2,18,20,21). The molecule has 124 valence electrons. The summed E-state index contributed by atoms with van der Waals surface area (Å²) < 4.78 is 0. The minimum atomic E-state index is 0.475. The third-order valence-electron chi connectivity index (χ3n) is 3.21. The molecule has 0 saturated carbocycles. The predicted octanol–water partition coefficient (Wildman–Crippen LogP) is 2.96. The lowest BCUT2D eigenvalue weighted by molar-refractivity contribution is 0.784. The van der Waals surface area contributed by atoms with Crippen molar-refractivity contribution >= 4 is 17.3 Å². The van der Waals surface area contributed by atoms with Crippen molar-refractivity contribution in [3.8, 4) is 0 Å². The number of nitrogens with zero attached hydrogens (tertiary/aromatic N) is 3. The maximum Gasteiger partial charge on any atom is 0.191 e. The second-order valence-electron chi connectivity index (χ2n) is 5.52. The highest BCUT2D eigenvalue weighted by Crippen LogP contribution is 2.19. The molecule has 2 aromatic heterocycles. The Morgan fingerprint density at radius 2 is 2.13 bits per heavy atom. The summed E-state index contributed by atoms with van der Waals surface area (Å²) in [5.41, 5.74) is 2.11. The van der Waals surface area contributed by atoms with E-state index in [0.29, 0.717) is 12.5 Å². The number of hydrogen-bond acceptors (Lipinski definition) is 4. The Kier molecular flexibility index (Phi) is 7.00. The zero-order valence-corrected chi connectivity index (χ0v) is 14.9. The van der Waals surface area contributed by atoms with Crippen LogP contribution in [0.1, 0.15) is 43.1 Å². The van der Waals surface area contributed by atoms with E-state index < -0.39 is 0 Å². The molecule has 2 rings (SSSR count). The van der Waals surface area contributed by atoms with Crippen LogP contribution in [0.4, 0.5) is 0 Å². The van der Waals surface area contributed by atoms with E-state index in [1.165, 1.54) is 5.01 Å². The Labute approximate surface area is 142 Å². The lowest BCUT2D eigenvalue weighted by Gasteiger charge is -2.10. The summed E-state index contributed by atoms with van der Waals surface area (Å²) in [5, 5.41) is 9.87. The summed E-state index contributed by atoms with van der Waals surface area (Å²) in [5.74, 6) is 1.30.